The molecule has 1 aromatic carbocycles. The van der Waals surface area contributed by atoms with E-state index < -0.39 is 0 Å². The largest absolute Gasteiger partial charge is 0.380 e. The Balaban J connectivity index is 0.00000242. The van der Waals surface area contributed by atoms with E-state index in [0.29, 0.717) is 13.0 Å². The maximum atomic E-state index is 12.3. The molecule has 5 nitrogen and oxygen atoms in total. The van der Waals surface area contributed by atoms with Gasteiger partial charge in [-0.3, -0.25) is 4.79 Å². The second-order valence-corrected chi connectivity index (χ2v) is 6.06. The standard InChI is InChI=1S/C15H21N3O2S.2ClH/c1-10(18(2)14(19)8-11(9-16)20-3)15-17-12-6-4-5-7-13(12)21-15;;/h4-7,10-11H,8-9,16H2,1-3H3;2*1H. The van der Waals surface area contributed by atoms with Crippen LogP contribution in [0.15, 0.2) is 24.3 Å². The maximum Gasteiger partial charge on any atom is 0.225 e. The molecule has 0 saturated carbocycles. The summed E-state index contributed by atoms with van der Waals surface area (Å²) in [5.41, 5.74) is 6.54. The minimum atomic E-state index is -0.234. The molecule has 130 valence electrons. The summed E-state index contributed by atoms with van der Waals surface area (Å²) in [6, 6.07) is 7.93. The second-order valence-electron chi connectivity index (χ2n) is 5.00. The molecule has 23 heavy (non-hydrogen) atoms. The number of rotatable bonds is 6. The lowest BCUT2D eigenvalue weighted by Gasteiger charge is -2.25. The van der Waals surface area contributed by atoms with Crippen molar-refractivity contribution in [3.05, 3.63) is 29.3 Å². The van der Waals surface area contributed by atoms with Crippen molar-refractivity contribution in [3.63, 3.8) is 0 Å². The Bertz CT molecular complexity index is 587. The summed E-state index contributed by atoms with van der Waals surface area (Å²) >= 11 is 1.62. The minimum absolute atomic E-state index is 0. The molecule has 2 unspecified atom stereocenters. The molecule has 0 radical (unpaired) electrons. The number of hydrogen-bond acceptors (Lipinski definition) is 5. The molecule has 2 N–H and O–H groups in total. The molecule has 1 heterocycles. The molecule has 1 aromatic heterocycles. The van der Waals surface area contributed by atoms with Crippen LogP contribution in [0.3, 0.4) is 0 Å². The third kappa shape index (κ3) is 5.29. The van der Waals surface area contributed by atoms with Gasteiger partial charge < -0.3 is 15.4 Å². The van der Waals surface area contributed by atoms with Gasteiger partial charge in [0.1, 0.15) is 5.01 Å². The van der Waals surface area contributed by atoms with Gasteiger partial charge in [0.25, 0.3) is 0 Å². The lowest BCUT2D eigenvalue weighted by Crippen LogP contribution is -2.35. The van der Waals surface area contributed by atoms with Crippen molar-refractivity contribution < 1.29 is 9.53 Å². The number of carbonyl (C=O) groups is 1. The van der Waals surface area contributed by atoms with Gasteiger partial charge in [-0.15, -0.1) is 36.2 Å². The van der Waals surface area contributed by atoms with Crippen molar-refractivity contribution in [1.29, 1.82) is 0 Å². The first-order chi connectivity index (χ1) is 10.1. The highest BCUT2D eigenvalue weighted by Gasteiger charge is 2.22. The molecule has 0 aliphatic heterocycles. The Labute approximate surface area is 153 Å². The van der Waals surface area contributed by atoms with Crippen molar-refractivity contribution in [2.45, 2.75) is 25.5 Å². The van der Waals surface area contributed by atoms with E-state index in [9.17, 15) is 4.79 Å². The van der Waals surface area contributed by atoms with E-state index in [1.165, 1.54) is 0 Å². The van der Waals surface area contributed by atoms with Crippen LogP contribution in [-0.2, 0) is 9.53 Å². The number of ether oxygens (including phenoxy) is 1. The van der Waals surface area contributed by atoms with E-state index in [1.54, 1.807) is 30.4 Å². The van der Waals surface area contributed by atoms with Crippen LogP contribution in [0, 0.1) is 0 Å². The lowest BCUT2D eigenvalue weighted by atomic mass is 10.2. The Kier molecular flexibility index (Phi) is 9.65. The molecule has 0 aliphatic rings. The van der Waals surface area contributed by atoms with Crippen LogP contribution in [0.25, 0.3) is 10.2 Å². The Morgan fingerprint density at radius 1 is 1.39 bits per heavy atom. The number of para-hydroxylation sites is 1. The normalized spacial score (nSPS) is 12.9. The van der Waals surface area contributed by atoms with Crippen LogP contribution < -0.4 is 5.73 Å². The topological polar surface area (TPSA) is 68.5 Å². The van der Waals surface area contributed by atoms with Gasteiger partial charge in [-0.25, -0.2) is 4.98 Å². The molecule has 1 amide bonds. The van der Waals surface area contributed by atoms with Gasteiger partial charge in [0.2, 0.25) is 5.91 Å². The predicted molar refractivity (Wildman–Crippen MR) is 99.8 cm³/mol. The van der Waals surface area contributed by atoms with Gasteiger partial charge in [-0.1, -0.05) is 12.1 Å². The minimum Gasteiger partial charge on any atom is -0.380 e. The fraction of sp³-hybridized carbons (Fsp3) is 0.467. The highest BCUT2D eigenvalue weighted by atomic mass is 35.5. The van der Waals surface area contributed by atoms with Gasteiger partial charge in [-0.05, 0) is 19.1 Å². The Hall–Kier alpha value is -0.920. The molecule has 2 aromatic rings. The molecule has 0 spiro atoms. The van der Waals surface area contributed by atoms with Gasteiger partial charge in [0, 0.05) is 20.7 Å². The summed E-state index contributed by atoms with van der Waals surface area (Å²) in [7, 11) is 3.37. The average molecular weight is 380 g/mol. The van der Waals surface area contributed by atoms with Gasteiger partial charge in [0.05, 0.1) is 28.8 Å². The summed E-state index contributed by atoms with van der Waals surface area (Å²) in [5.74, 6) is 0.0130. The Morgan fingerprint density at radius 2 is 2.04 bits per heavy atom. The number of benzene rings is 1. The first-order valence-corrected chi connectivity index (χ1v) is 7.72. The number of methoxy groups -OCH3 is 1. The molecule has 0 fully saturated rings. The summed E-state index contributed by atoms with van der Waals surface area (Å²) in [6.07, 6.45) is 0.0566. The molecule has 2 rings (SSSR count). The fourth-order valence-electron chi connectivity index (χ4n) is 2.05. The number of hydrogen-bond donors (Lipinski definition) is 1. The number of nitrogens with two attached hydrogens (primary N) is 1. The van der Waals surface area contributed by atoms with Crippen LogP contribution in [0.2, 0.25) is 0 Å². The third-order valence-electron chi connectivity index (χ3n) is 3.64. The number of aromatic nitrogens is 1. The quantitative estimate of drug-likeness (QED) is 0.837. The van der Waals surface area contributed by atoms with E-state index in [1.807, 2.05) is 31.2 Å². The molecule has 0 saturated heterocycles. The molecule has 0 bridgehead atoms. The number of nitrogens with zero attached hydrogens (tertiary/aromatic N) is 2. The number of amides is 1. The summed E-state index contributed by atoms with van der Waals surface area (Å²) in [4.78, 5) is 18.6. The fourth-order valence-corrected chi connectivity index (χ4v) is 3.11. The molecule has 2 atom stereocenters. The number of thiazole rings is 1. The van der Waals surface area contributed by atoms with E-state index in [-0.39, 0.29) is 42.9 Å². The van der Waals surface area contributed by atoms with E-state index in [4.69, 9.17) is 10.5 Å². The lowest BCUT2D eigenvalue weighted by molar-refractivity contribution is -0.134. The van der Waals surface area contributed by atoms with Crippen LogP contribution in [0.1, 0.15) is 24.4 Å². The molecule has 0 aliphatic carbocycles. The Morgan fingerprint density at radius 3 is 2.61 bits per heavy atom. The highest BCUT2D eigenvalue weighted by molar-refractivity contribution is 7.18. The van der Waals surface area contributed by atoms with E-state index >= 15 is 0 Å². The number of halogens is 2. The van der Waals surface area contributed by atoms with Crippen molar-refractivity contribution >= 4 is 52.3 Å². The third-order valence-corrected chi connectivity index (χ3v) is 4.85. The van der Waals surface area contributed by atoms with Crippen molar-refractivity contribution in [1.82, 2.24) is 9.88 Å². The summed E-state index contributed by atoms with van der Waals surface area (Å²) < 4.78 is 6.30. The molecular formula is C15H23Cl2N3O2S. The number of carbonyl (C=O) groups excluding carboxylic acids is 1. The van der Waals surface area contributed by atoms with Crippen LogP contribution >= 0.6 is 36.2 Å². The van der Waals surface area contributed by atoms with Crippen LogP contribution in [0.4, 0.5) is 0 Å². The zero-order chi connectivity index (χ0) is 15.4. The zero-order valence-electron chi connectivity index (χ0n) is 13.4. The van der Waals surface area contributed by atoms with E-state index in [0.717, 1.165) is 15.2 Å². The number of fused-ring (bicyclic) bond motifs is 1. The summed E-state index contributed by atoms with van der Waals surface area (Å²) in [5, 5.41) is 0.939. The average Bonchev–Trinajstić information content (AvgIpc) is 2.94. The second kappa shape index (κ2) is 10.1. The van der Waals surface area contributed by atoms with Crippen molar-refractivity contribution in [2.75, 3.05) is 20.7 Å². The van der Waals surface area contributed by atoms with Crippen LogP contribution in [-0.4, -0.2) is 42.6 Å². The monoisotopic (exact) mass is 379 g/mol. The summed E-state index contributed by atoms with van der Waals surface area (Å²) in [6.45, 7) is 2.32. The van der Waals surface area contributed by atoms with Gasteiger partial charge >= 0.3 is 0 Å². The molecular weight excluding hydrogens is 357 g/mol. The first kappa shape index (κ1) is 22.1. The van der Waals surface area contributed by atoms with Crippen LogP contribution in [0.5, 0.6) is 0 Å². The van der Waals surface area contributed by atoms with Gasteiger partial charge in [0.15, 0.2) is 0 Å². The van der Waals surface area contributed by atoms with Crippen molar-refractivity contribution in [3.8, 4) is 0 Å². The smallest absolute Gasteiger partial charge is 0.225 e. The van der Waals surface area contributed by atoms with E-state index in [2.05, 4.69) is 4.98 Å². The van der Waals surface area contributed by atoms with Gasteiger partial charge in [-0.2, -0.15) is 0 Å². The zero-order valence-corrected chi connectivity index (χ0v) is 15.8. The SMILES string of the molecule is COC(CN)CC(=O)N(C)C(C)c1nc2ccccc2s1.Cl.Cl. The maximum absolute atomic E-state index is 12.3. The first-order valence-electron chi connectivity index (χ1n) is 6.90. The predicted octanol–water partition coefficient (Wildman–Crippen LogP) is 3.02. The molecule has 8 heteroatoms. The van der Waals surface area contributed by atoms with Crippen molar-refractivity contribution in [2.24, 2.45) is 5.73 Å². The highest BCUT2D eigenvalue weighted by Crippen LogP contribution is 2.29.